The second-order valence-corrected chi connectivity index (χ2v) is 3.75. The van der Waals surface area contributed by atoms with Gasteiger partial charge < -0.3 is 15.4 Å². The molecule has 0 aliphatic heterocycles. The third-order valence-corrected chi connectivity index (χ3v) is 2.27. The molecule has 3 N–H and O–H groups in total. The molecule has 0 unspecified atom stereocenters. The predicted octanol–water partition coefficient (Wildman–Crippen LogP) is 0.891. The molecule has 6 heteroatoms. The van der Waals surface area contributed by atoms with E-state index in [0.29, 0.717) is 6.54 Å². The Hall–Kier alpha value is -1.56. The second-order valence-electron chi connectivity index (χ2n) is 3.75. The summed E-state index contributed by atoms with van der Waals surface area (Å²) >= 11 is 0. The molecule has 1 heterocycles. The first-order valence-corrected chi connectivity index (χ1v) is 6.45. The lowest BCUT2D eigenvalue weighted by atomic mass is 10.4. The summed E-state index contributed by atoms with van der Waals surface area (Å²) in [5.41, 5.74) is 1.00. The number of H-pyrrole nitrogens is 1. The Morgan fingerprint density at radius 2 is 2.33 bits per heavy atom. The normalized spacial score (nSPS) is 11.6. The number of nitrogens with zero attached hydrogens (tertiary/aromatic N) is 2. The molecule has 0 aliphatic rings. The molecule has 18 heavy (non-hydrogen) atoms. The standard InChI is InChI=1S/C12H23N5O/c1-3-13-12(14-7-5-9-18-4-2)15-10-11-6-8-16-17-11/h6,8H,3-5,7,9-10H2,1-2H3,(H,16,17)(H2,13,14,15). The van der Waals surface area contributed by atoms with Crippen LogP contribution in [-0.4, -0.2) is 42.5 Å². The molecule has 6 nitrogen and oxygen atoms in total. The number of rotatable bonds is 8. The van der Waals surface area contributed by atoms with E-state index < -0.39 is 0 Å². The molecule has 0 radical (unpaired) electrons. The van der Waals surface area contributed by atoms with Gasteiger partial charge in [-0.3, -0.25) is 5.10 Å². The van der Waals surface area contributed by atoms with Gasteiger partial charge in [-0.1, -0.05) is 0 Å². The zero-order valence-electron chi connectivity index (χ0n) is 11.2. The number of aromatic nitrogens is 2. The molecular weight excluding hydrogens is 230 g/mol. The maximum atomic E-state index is 5.28. The summed E-state index contributed by atoms with van der Waals surface area (Å²) in [6.45, 7) is 7.91. The van der Waals surface area contributed by atoms with Crippen LogP contribution in [0.2, 0.25) is 0 Å². The topological polar surface area (TPSA) is 74.3 Å². The van der Waals surface area contributed by atoms with Crippen LogP contribution in [-0.2, 0) is 11.3 Å². The summed E-state index contributed by atoms with van der Waals surface area (Å²) in [5.74, 6) is 0.823. The van der Waals surface area contributed by atoms with Crippen LogP contribution in [0.3, 0.4) is 0 Å². The molecule has 0 bridgehead atoms. The largest absolute Gasteiger partial charge is 0.382 e. The van der Waals surface area contributed by atoms with Gasteiger partial charge in [0.2, 0.25) is 0 Å². The molecule has 0 aliphatic carbocycles. The first-order chi connectivity index (χ1) is 8.86. The number of ether oxygens (including phenoxy) is 1. The van der Waals surface area contributed by atoms with Crippen molar-refractivity contribution in [2.75, 3.05) is 26.3 Å². The predicted molar refractivity (Wildman–Crippen MR) is 72.5 cm³/mol. The van der Waals surface area contributed by atoms with E-state index in [4.69, 9.17) is 4.74 Å². The van der Waals surface area contributed by atoms with E-state index in [1.165, 1.54) is 0 Å². The van der Waals surface area contributed by atoms with Gasteiger partial charge in [0.05, 0.1) is 12.2 Å². The molecule has 0 fully saturated rings. The number of nitrogens with one attached hydrogen (secondary N) is 3. The zero-order valence-corrected chi connectivity index (χ0v) is 11.2. The monoisotopic (exact) mass is 253 g/mol. The lowest BCUT2D eigenvalue weighted by Crippen LogP contribution is -2.38. The Morgan fingerprint density at radius 1 is 1.44 bits per heavy atom. The fraction of sp³-hybridized carbons (Fsp3) is 0.667. The molecule has 0 amide bonds. The molecule has 1 rings (SSSR count). The van der Waals surface area contributed by atoms with Crippen molar-refractivity contribution in [3.05, 3.63) is 18.0 Å². The third-order valence-electron chi connectivity index (χ3n) is 2.27. The first kappa shape index (κ1) is 14.5. The van der Waals surface area contributed by atoms with Crippen molar-refractivity contribution in [2.24, 2.45) is 4.99 Å². The third kappa shape index (κ3) is 6.24. The minimum Gasteiger partial charge on any atom is -0.382 e. The molecule has 0 saturated carbocycles. The average Bonchev–Trinajstić information content (AvgIpc) is 2.88. The molecule has 102 valence electrons. The minimum absolute atomic E-state index is 0.598. The average molecular weight is 253 g/mol. The summed E-state index contributed by atoms with van der Waals surface area (Å²) in [7, 11) is 0. The van der Waals surface area contributed by atoms with Gasteiger partial charge in [0.15, 0.2) is 5.96 Å². The van der Waals surface area contributed by atoms with Crippen LogP contribution in [0.15, 0.2) is 17.3 Å². The van der Waals surface area contributed by atoms with Crippen molar-refractivity contribution in [1.29, 1.82) is 0 Å². The van der Waals surface area contributed by atoms with Crippen molar-refractivity contribution in [3.8, 4) is 0 Å². The van der Waals surface area contributed by atoms with Gasteiger partial charge in [-0.25, -0.2) is 4.99 Å². The smallest absolute Gasteiger partial charge is 0.191 e. The molecule has 0 saturated heterocycles. The van der Waals surface area contributed by atoms with E-state index in [2.05, 4.69) is 25.8 Å². The van der Waals surface area contributed by atoms with Crippen LogP contribution in [0.4, 0.5) is 0 Å². The van der Waals surface area contributed by atoms with Gasteiger partial charge in [0.25, 0.3) is 0 Å². The van der Waals surface area contributed by atoms with Gasteiger partial charge in [-0.05, 0) is 26.3 Å². The zero-order chi connectivity index (χ0) is 13.1. The number of hydrogen-bond acceptors (Lipinski definition) is 3. The van der Waals surface area contributed by atoms with Crippen LogP contribution in [0.25, 0.3) is 0 Å². The van der Waals surface area contributed by atoms with E-state index in [1.807, 2.05) is 19.9 Å². The van der Waals surface area contributed by atoms with E-state index in [9.17, 15) is 0 Å². The molecular formula is C12H23N5O. The fourth-order valence-corrected chi connectivity index (χ4v) is 1.40. The highest BCUT2D eigenvalue weighted by Gasteiger charge is 1.97. The van der Waals surface area contributed by atoms with Gasteiger partial charge >= 0.3 is 0 Å². The quantitative estimate of drug-likeness (QED) is 0.365. The number of guanidine groups is 1. The van der Waals surface area contributed by atoms with E-state index in [1.54, 1.807) is 6.20 Å². The summed E-state index contributed by atoms with van der Waals surface area (Å²) in [4.78, 5) is 4.46. The van der Waals surface area contributed by atoms with Crippen molar-refractivity contribution in [2.45, 2.75) is 26.8 Å². The first-order valence-electron chi connectivity index (χ1n) is 6.45. The van der Waals surface area contributed by atoms with E-state index >= 15 is 0 Å². The lowest BCUT2D eigenvalue weighted by Gasteiger charge is -2.10. The molecule has 0 spiro atoms. The molecule has 0 aromatic carbocycles. The maximum absolute atomic E-state index is 5.28. The molecule has 1 aromatic rings. The Balaban J connectivity index is 2.27. The molecule has 0 atom stereocenters. The van der Waals surface area contributed by atoms with Crippen molar-refractivity contribution < 1.29 is 4.74 Å². The van der Waals surface area contributed by atoms with Gasteiger partial charge in [0.1, 0.15) is 0 Å². The Kier molecular flexibility index (Phi) is 7.63. The van der Waals surface area contributed by atoms with Gasteiger partial charge in [-0.2, -0.15) is 5.10 Å². The van der Waals surface area contributed by atoms with Crippen LogP contribution in [0.5, 0.6) is 0 Å². The van der Waals surface area contributed by atoms with E-state index in [0.717, 1.165) is 44.4 Å². The van der Waals surface area contributed by atoms with Crippen LogP contribution in [0, 0.1) is 0 Å². The van der Waals surface area contributed by atoms with Gasteiger partial charge in [-0.15, -0.1) is 0 Å². The lowest BCUT2D eigenvalue weighted by molar-refractivity contribution is 0.145. The van der Waals surface area contributed by atoms with Crippen LogP contribution < -0.4 is 10.6 Å². The Morgan fingerprint density at radius 3 is 3.00 bits per heavy atom. The SMILES string of the molecule is CCNC(=NCc1ccn[nH]1)NCCCOCC. The highest BCUT2D eigenvalue weighted by molar-refractivity contribution is 5.79. The number of hydrogen-bond donors (Lipinski definition) is 3. The highest BCUT2D eigenvalue weighted by Crippen LogP contribution is 1.93. The minimum atomic E-state index is 0.598. The Bertz CT molecular complexity index is 323. The highest BCUT2D eigenvalue weighted by atomic mass is 16.5. The summed E-state index contributed by atoms with van der Waals surface area (Å²) in [6.07, 6.45) is 2.70. The summed E-state index contributed by atoms with van der Waals surface area (Å²) in [6, 6.07) is 1.92. The number of aliphatic imine (C=N–C) groups is 1. The summed E-state index contributed by atoms with van der Waals surface area (Å²) in [5, 5.41) is 13.2. The maximum Gasteiger partial charge on any atom is 0.191 e. The van der Waals surface area contributed by atoms with Crippen molar-refractivity contribution >= 4 is 5.96 Å². The Labute approximate surface area is 108 Å². The van der Waals surface area contributed by atoms with Gasteiger partial charge in [0, 0.05) is 32.5 Å². The molecule has 1 aromatic heterocycles. The fourth-order valence-electron chi connectivity index (χ4n) is 1.40. The van der Waals surface area contributed by atoms with Crippen molar-refractivity contribution in [3.63, 3.8) is 0 Å². The van der Waals surface area contributed by atoms with Crippen LogP contribution >= 0.6 is 0 Å². The summed E-state index contributed by atoms with van der Waals surface area (Å²) < 4.78 is 5.28. The number of aromatic amines is 1. The second kappa shape index (κ2) is 9.47. The van der Waals surface area contributed by atoms with E-state index in [-0.39, 0.29) is 0 Å². The van der Waals surface area contributed by atoms with Crippen LogP contribution in [0.1, 0.15) is 26.0 Å². The van der Waals surface area contributed by atoms with Crippen molar-refractivity contribution in [1.82, 2.24) is 20.8 Å².